The highest BCUT2D eigenvalue weighted by atomic mass is 19.4. The number of carboxylic acids is 1. The van der Waals surface area contributed by atoms with Gasteiger partial charge < -0.3 is 10.0 Å². The van der Waals surface area contributed by atoms with Crippen molar-refractivity contribution in [2.24, 2.45) is 0 Å². The van der Waals surface area contributed by atoms with Crippen molar-refractivity contribution in [1.29, 1.82) is 0 Å². The summed E-state index contributed by atoms with van der Waals surface area (Å²) in [6, 6.07) is -1.33. The Morgan fingerprint density at radius 3 is 2.36 bits per heavy atom. The molecule has 0 aromatic heterocycles. The normalized spacial score (nSPS) is 22.5. The number of rotatable bonds is 1. The van der Waals surface area contributed by atoms with Gasteiger partial charge in [-0.3, -0.25) is 4.79 Å². The van der Waals surface area contributed by atoms with Gasteiger partial charge in [-0.2, -0.15) is 13.2 Å². The Kier molecular flexibility index (Phi) is 2.68. The molecule has 1 aliphatic rings. The van der Waals surface area contributed by atoms with Crippen molar-refractivity contribution in [3.05, 3.63) is 0 Å². The van der Waals surface area contributed by atoms with Crippen molar-refractivity contribution in [3.63, 3.8) is 0 Å². The average Bonchev–Trinajstić information content (AvgIpc) is 2.48. The number of carbonyl (C=O) groups excluding carboxylic acids is 1. The zero-order chi connectivity index (χ0) is 10.9. The molecule has 1 unspecified atom stereocenters. The molecule has 1 heterocycles. The molecule has 1 saturated heterocycles. The third-order valence-corrected chi connectivity index (χ3v) is 2.04. The molecular formula is C7H8F3NO3. The van der Waals surface area contributed by atoms with Crippen LogP contribution in [0.1, 0.15) is 12.8 Å². The van der Waals surface area contributed by atoms with E-state index in [0.717, 1.165) is 0 Å². The number of hydrogen-bond acceptors (Lipinski definition) is 2. The fourth-order valence-electron chi connectivity index (χ4n) is 1.43. The summed E-state index contributed by atoms with van der Waals surface area (Å²) in [6.45, 7) is -0.144. The van der Waals surface area contributed by atoms with Crippen LogP contribution in [0.4, 0.5) is 13.2 Å². The summed E-state index contributed by atoms with van der Waals surface area (Å²) in [5.74, 6) is -3.46. The Morgan fingerprint density at radius 1 is 1.36 bits per heavy atom. The number of likely N-dealkylation sites (tertiary alicyclic amines) is 1. The van der Waals surface area contributed by atoms with Gasteiger partial charge in [-0.1, -0.05) is 0 Å². The van der Waals surface area contributed by atoms with E-state index in [1.54, 1.807) is 0 Å². The first kappa shape index (κ1) is 10.8. The number of hydrogen-bond donors (Lipinski definition) is 1. The molecule has 1 amide bonds. The van der Waals surface area contributed by atoms with E-state index in [2.05, 4.69) is 0 Å². The van der Waals surface area contributed by atoms with Crippen LogP contribution < -0.4 is 0 Å². The molecule has 1 N–H and O–H groups in total. The third kappa shape index (κ3) is 1.97. The third-order valence-electron chi connectivity index (χ3n) is 2.04. The van der Waals surface area contributed by atoms with Gasteiger partial charge in [-0.05, 0) is 12.8 Å². The van der Waals surface area contributed by atoms with Crippen molar-refractivity contribution >= 4 is 11.9 Å². The van der Waals surface area contributed by atoms with Gasteiger partial charge in [-0.15, -0.1) is 0 Å². The van der Waals surface area contributed by atoms with E-state index in [-0.39, 0.29) is 13.0 Å². The molecule has 0 aromatic carbocycles. The second-order valence-corrected chi connectivity index (χ2v) is 2.99. The van der Waals surface area contributed by atoms with Gasteiger partial charge in [-0.25, -0.2) is 4.79 Å². The predicted octanol–water partition coefficient (Wildman–Crippen LogP) is 0.624. The monoisotopic (exact) mass is 211 g/mol. The maximum absolute atomic E-state index is 12.0. The molecule has 0 aromatic rings. The molecule has 1 atom stereocenters. The van der Waals surface area contributed by atoms with Crippen molar-refractivity contribution in [2.75, 3.05) is 6.54 Å². The fourth-order valence-corrected chi connectivity index (χ4v) is 1.43. The molecule has 1 rings (SSSR count). The summed E-state index contributed by atoms with van der Waals surface area (Å²) in [4.78, 5) is 21.6. The van der Waals surface area contributed by atoms with Crippen LogP contribution in [0.3, 0.4) is 0 Å². The molecule has 0 saturated carbocycles. The molecule has 1 fully saturated rings. The lowest BCUT2D eigenvalue weighted by Gasteiger charge is -2.22. The smallest absolute Gasteiger partial charge is 0.471 e. The van der Waals surface area contributed by atoms with Crippen LogP contribution >= 0.6 is 0 Å². The maximum atomic E-state index is 12.0. The van der Waals surface area contributed by atoms with E-state index < -0.39 is 24.1 Å². The minimum absolute atomic E-state index is 0.0805. The highest BCUT2D eigenvalue weighted by molar-refractivity contribution is 5.87. The molecule has 0 bridgehead atoms. The van der Waals surface area contributed by atoms with Crippen LogP contribution in [-0.2, 0) is 9.59 Å². The van der Waals surface area contributed by atoms with Gasteiger partial charge >= 0.3 is 18.1 Å². The Bertz CT molecular complexity index is 263. The van der Waals surface area contributed by atoms with Gasteiger partial charge in [0.05, 0.1) is 0 Å². The van der Waals surface area contributed by atoms with Gasteiger partial charge in [0, 0.05) is 6.54 Å². The first-order valence-electron chi connectivity index (χ1n) is 3.94. The maximum Gasteiger partial charge on any atom is 0.471 e. The van der Waals surface area contributed by atoms with Gasteiger partial charge in [0.25, 0.3) is 0 Å². The number of carboxylic acid groups (broad SMARTS) is 1. The quantitative estimate of drug-likeness (QED) is 0.691. The Balaban J connectivity index is 2.77. The first-order chi connectivity index (χ1) is 6.34. The minimum Gasteiger partial charge on any atom is -0.480 e. The number of amides is 1. The zero-order valence-corrected chi connectivity index (χ0v) is 7.04. The summed E-state index contributed by atoms with van der Waals surface area (Å²) < 4.78 is 35.9. The van der Waals surface area contributed by atoms with Gasteiger partial charge in [0.2, 0.25) is 0 Å². The predicted molar refractivity (Wildman–Crippen MR) is 38.4 cm³/mol. The van der Waals surface area contributed by atoms with Crippen molar-refractivity contribution in [2.45, 2.75) is 25.1 Å². The summed E-state index contributed by atoms with van der Waals surface area (Å²) in [5.41, 5.74) is 0. The van der Waals surface area contributed by atoms with Crippen LogP contribution in [0, 0.1) is 0 Å². The van der Waals surface area contributed by atoms with E-state index in [4.69, 9.17) is 5.11 Å². The molecule has 80 valence electrons. The largest absolute Gasteiger partial charge is 0.480 e. The molecule has 0 spiro atoms. The van der Waals surface area contributed by atoms with Crippen LogP contribution in [0.25, 0.3) is 0 Å². The summed E-state index contributed by atoms with van der Waals surface area (Å²) in [7, 11) is 0. The minimum atomic E-state index is -4.99. The van der Waals surface area contributed by atoms with E-state index >= 15 is 0 Å². The lowest BCUT2D eigenvalue weighted by molar-refractivity contribution is -0.187. The van der Waals surface area contributed by atoms with Gasteiger partial charge in [0.1, 0.15) is 6.04 Å². The lowest BCUT2D eigenvalue weighted by atomic mass is 10.2. The first-order valence-corrected chi connectivity index (χ1v) is 3.94. The Labute approximate surface area is 77.3 Å². The van der Waals surface area contributed by atoms with Crippen molar-refractivity contribution in [1.82, 2.24) is 4.90 Å². The van der Waals surface area contributed by atoms with E-state index in [1.165, 1.54) is 0 Å². The second-order valence-electron chi connectivity index (χ2n) is 2.99. The van der Waals surface area contributed by atoms with Crippen molar-refractivity contribution in [3.8, 4) is 0 Å². The molecule has 7 heteroatoms. The van der Waals surface area contributed by atoms with Crippen LogP contribution in [0.5, 0.6) is 0 Å². The SMILES string of the molecule is O=C(O)C1CCCN1C(=O)C(F)(F)F. The number of alkyl halides is 3. The van der Waals surface area contributed by atoms with E-state index in [9.17, 15) is 22.8 Å². The standard InChI is InChI=1S/C7H8F3NO3/c8-7(9,10)6(14)11-3-1-2-4(11)5(12)13/h4H,1-3H2,(H,12,13). The average molecular weight is 211 g/mol. The molecule has 1 aliphatic heterocycles. The highest BCUT2D eigenvalue weighted by Crippen LogP contribution is 2.25. The second kappa shape index (κ2) is 3.47. The van der Waals surface area contributed by atoms with Crippen LogP contribution in [0.15, 0.2) is 0 Å². The number of carbonyl (C=O) groups is 2. The highest BCUT2D eigenvalue weighted by Gasteiger charge is 2.47. The molecule has 0 aliphatic carbocycles. The lowest BCUT2D eigenvalue weighted by Crippen LogP contribution is -2.46. The number of halogens is 3. The zero-order valence-electron chi connectivity index (χ0n) is 7.04. The van der Waals surface area contributed by atoms with Crippen LogP contribution in [0.2, 0.25) is 0 Å². The summed E-state index contributed by atoms with van der Waals surface area (Å²) in [6.07, 6.45) is -4.62. The van der Waals surface area contributed by atoms with Crippen molar-refractivity contribution < 1.29 is 27.9 Å². The molecule has 14 heavy (non-hydrogen) atoms. The fraction of sp³-hybridized carbons (Fsp3) is 0.714. The Hall–Kier alpha value is -1.27. The summed E-state index contributed by atoms with van der Waals surface area (Å²) >= 11 is 0. The number of aliphatic carboxylic acids is 1. The molecule has 0 radical (unpaired) electrons. The Morgan fingerprint density at radius 2 is 1.93 bits per heavy atom. The molecule has 4 nitrogen and oxygen atoms in total. The van der Waals surface area contributed by atoms with E-state index in [0.29, 0.717) is 11.3 Å². The topological polar surface area (TPSA) is 57.6 Å². The van der Waals surface area contributed by atoms with Crippen LogP contribution in [-0.4, -0.2) is 40.6 Å². The summed E-state index contributed by atoms with van der Waals surface area (Å²) in [5, 5.41) is 8.54. The van der Waals surface area contributed by atoms with Gasteiger partial charge in [0.15, 0.2) is 0 Å². The van der Waals surface area contributed by atoms with E-state index in [1.807, 2.05) is 0 Å². The molecular weight excluding hydrogens is 203 g/mol. The number of nitrogens with zero attached hydrogens (tertiary/aromatic N) is 1.